The number of hydrogen-bond acceptors (Lipinski definition) is 3. The standard InChI is InChI=1S/C14H18BrNO2S/c1-18-9-10-3-2-6-16(8-10)14(17)12-7-11(19)4-5-13(12)15/h4-5,7,10,19H,2-3,6,8-9H2,1H3. The van der Waals surface area contributed by atoms with Crippen LogP contribution in [0.4, 0.5) is 0 Å². The third kappa shape index (κ3) is 3.74. The third-order valence-corrected chi connectivity index (χ3v) is 4.36. The molecule has 2 rings (SSSR count). The van der Waals surface area contributed by atoms with E-state index in [4.69, 9.17) is 4.74 Å². The number of nitrogens with zero attached hydrogens (tertiary/aromatic N) is 1. The molecule has 1 aromatic carbocycles. The quantitative estimate of drug-likeness (QED) is 0.853. The van der Waals surface area contributed by atoms with E-state index in [0.717, 1.165) is 41.9 Å². The number of piperidine rings is 1. The normalized spacial score (nSPS) is 19.5. The molecule has 0 aromatic heterocycles. The second-order valence-electron chi connectivity index (χ2n) is 4.88. The molecule has 1 fully saturated rings. The van der Waals surface area contributed by atoms with Crippen LogP contribution in [0.1, 0.15) is 23.2 Å². The number of likely N-dealkylation sites (tertiary alicyclic amines) is 1. The van der Waals surface area contributed by atoms with Crippen LogP contribution in [0.5, 0.6) is 0 Å². The Morgan fingerprint density at radius 3 is 3.11 bits per heavy atom. The highest BCUT2D eigenvalue weighted by Gasteiger charge is 2.25. The number of halogens is 1. The largest absolute Gasteiger partial charge is 0.384 e. The lowest BCUT2D eigenvalue weighted by Crippen LogP contribution is -2.41. The van der Waals surface area contributed by atoms with Gasteiger partial charge >= 0.3 is 0 Å². The van der Waals surface area contributed by atoms with Crippen molar-refractivity contribution in [1.82, 2.24) is 4.90 Å². The van der Waals surface area contributed by atoms with Gasteiger partial charge in [-0.2, -0.15) is 0 Å². The fourth-order valence-electron chi connectivity index (χ4n) is 2.47. The van der Waals surface area contributed by atoms with Crippen molar-refractivity contribution in [2.24, 2.45) is 5.92 Å². The first kappa shape index (κ1) is 14.9. The maximum Gasteiger partial charge on any atom is 0.255 e. The summed E-state index contributed by atoms with van der Waals surface area (Å²) in [5, 5.41) is 0. The van der Waals surface area contributed by atoms with Gasteiger partial charge in [0.05, 0.1) is 12.2 Å². The lowest BCUT2D eigenvalue weighted by molar-refractivity contribution is 0.0570. The van der Waals surface area contributed by atoms with Crippen molar-refractivity contribution in [3.63, 3.8) is 0 Å². The van der Waals surface area contributed by atoms with Gasteiger partial charge in [0.25, 0.3) is 5.91 Å². The zero-order valence-corrected chi connectivity index (χ0v) is 13.4. The van der Waals surface area contributed by atoms with Crippen molar-refractivity contribution < 1.29 is 9.53 Å². The minimum atomic E-state index is 0.0728. The summed E-state index contributed by atoms with van der Waals surface area (Å²) in [7, 11) is 1.71. The Labute approximate surface area is 127 Å². The molecule has 1 aliphatic rings. The van der Waals surface area contributed by atoms with Crippen molar-refractivity contribution in [3.05, 3.63) is 28.2 Å². The summed E-state index contributed by atoms with van der Waals surface area (Å²) in [4.78, 5) is 15.3. The number of amides is 1. The molecule has 1 heterocycles. The van der Waals surface area contributed by atoms with E-state index < -0.39 is 0 Å². The summed E-state index contributed by atoms with van der Waals surface area (Å²) >= 11 is 7.74. The summed E-state index contributed by atoms with van der Waals surface area (Å²) in [6, 6.07) is 5.55. The van der Waals surface area contributed by atoms with Crippen molar-refractivity contribution in [3.8, 4) is 0 Å². The zero-order valence-electron chi connectivity index (χ0n) is 10.9. The van der Waals surface area contributed by atoms with E-state index >= 15 is 0 Å². The van der Waals surface area contributed by atoms with Gasteiger partial charge in [-0.25, -0.2) is 0 Å². The number of benzene rings is 1. The van der Waals surface area contributed by atoms with Crippen LogP contribution in [0.15, 0.2) is 27.6 Å². The highest BCUT2D eigenvalue weighted by molar-refractivity contribution is 9.10. The van der Waals surface area contributed by atoms with E-state index in [9.17, 15) is 4.79 Å². The van der Waals surface area contributed by atoms with Crippen LogP contribution >= 0.6 is 28.6 Å². The number of hydrogen-bond donors (Lipinski definition) is 1. The molecule has 1 unspecified atom stereocenters. The number of ether oxygens (including phenoxy) is 1. The monoisotopic (exact) mass is 343 g/mol. The van der Waals surface area contributed by atoms with Crippen molar-refractivity contribution in [2.45, 2.75) is 17.7 Å². The average molecular weight is 344 g/mol. The molecule has 1 aromatic rings. The fourth-order valence-corrected chi connectivity index (χ4v) is 3.09. The topological polar surface area (TPSA) is 29.5 Å². The first-order chi connectivity index (χ1) is 9.11. The first-order valence-corrected chi connectivity index (χ1v) is 7.62. The first-order valence-electron chi connectivity index (χ1n) is 6.38. The van der Waals surface area contributed by atoms with E-state index in [1.807, 2.05) is 23.1 Å². The maximum absolute atomic E-state index is 12.5. The van der Waals surface area contributed by atoms with Gasteiger partial charge in [0.2, 0.25) is 0 Å². The predicted octanol–water partition coefficient (Wildman–Crippen LogP) is 3.24. The molecule has 0 spiro atoms. The average Bonchev–Trinajstić information content (AvgIpc) is 2.41. The molecule has 0 saturated carbocycles. The maximum atomic E-state index is 12.5. The molecule has 1 atom stereocenters. The van der Waals surface area contributed by atoms with Gasteiger partial charge in [0.15, 0.2) is 0 Å². The van der Waals surface area contributed by atoms with Gasteiger partial charge in [0.1, 0.15) is 0 Å². The zero-order chi connectivity index (χ0) is 13.8. The van der Waals surface area contributed by atoms with Gasteiger partial charge < -0.3 is 9.64 Å². The molecule has 19 heavy (non-hydrogen) atoms. The second kappa shape index (κ2) is 6.77. The molecule has 3 nitrogen and oxygen atoms in total. The molecule has 5 heteroatoms. The van der Waals surface area contributed by atoms with Crippen LogP contribution in [0.25, 0.3) is 0 Å². The fraction of sp³-hybridized carbons (Fsp3) is 0.500. The summed E-state index contributed by atoms with van der Waals surface area (Å²) in [5.41, 5.74) is 0.686. The molecular formula is C14H18BrNO2S. The van der Waals surface area contributed by atoms with Crippen LogP contribution < -0.4 is 0 Å². The van der Waals surface area contributed by atoms with Crippen LogP contribution in [-0.2, 0) is 4.74 Å². The molecule has 104 valence electrons. The van der Waals surface area contributed by atoms with Crippen LogP contribution in [0.3, 0.4) is 0 Å². The molecule has 1 aliphatic heterocycles. The van der Waals surface area contributed by atoms with Gasteiger partial charge in [0, 0.05) is 29.6 Å². The second-order valence-corrected chi connectivity index (χ2v) is 6.25. The summed E-state index contributed by atoms with van der Waals surface area (Å²) in [6.45, 7) is 2.32. The summed E-state index contributed by atoms with van der Waals surface area (Å²) < 4.78 is 6.02. The SMILES string of the molecule is COCC1CCCN(C(=O)c2cc(S)ccc2Br)C1. The van der Waals surface area contributed by atoms with Crippen molar-refractivity contribution in [1.29, 1.82) is 0 Å². The van der Waals surface area contributed by atoms with E-state index in [1.54, 1.807) is 7.11 Å². The number of rotatable bonds is 3. The summed E-state index contributed by atoms with van der Waals surface area (Å²) in [6.07, 6.45) is 2.17. The molecular weight excluding hydrogens is 326 g/mol. The van der Waals surface area contributed by atoms with Crippen LogP contribution in [0.2, 0.25) is 0 Å². The molecule has 0 N–H and O–H groups in total. The Morgan fingerprint density at radius 2 is 2.37 bits per heavy atom. The van der Waals surface area contributed by atoms with E-state index in [2.05, 4.69) is 28.6 Å². The Morgan fingerprint density at radius 1 is 1.58 bits per heavy atom. The Kier molecular flexibility index (Phi) is 5.30. The van der Waals surface area contributed by atoms with Gasteiger partial charge in [-0.1, -0.05) is 0 Å². The Hall–Kier alpha value is -0.520. The van der Waals surface area contributed by atoms with Gasteiger partial charge in [-0.15, -0.1) is 12.6 Å². The van der Waals surface area contributed by atoms with Crippen molar-refractivity contribution in [2.75, 3.05) is 26.8 Å². The third-order valence-electron chi connectivity index (χ3n) is 3.39. The lowest BCUT2D eigenvalue weighted by Gasteiger charge is -2.32. The number of carbonyl (C=O) groups excluding carboxylic acids is 1. The van der Waals surface area contributed by atoms with Crippen LogP contribution in [0, 0.1) is 5.92 Å². The molecule has 0 aliphatic carbocycles. The summed E-state index contributed by atoms with van der Waals surface area (Å²) in [5.74, 6) is 0.518. The minimum absolute atomic E-state index is 0.0728. The van der Waals surface area contributed by atoms with Gasteiger partial charge in [-0.3, -0.25) is 4.79 Å². The predicted molar refractivity (Wildman–Crippen MR) is 81.9 cm³/mol. The minimum Gasteiger partial charge on any atom is -0.384 e. The molecule has 0 radical (unpaired) electrons. The molecule has 1 saturated heterocycles. The Balaban J connectivity index is 2.12. The molecule has 0 bridgehead atoms. The van der Waals surface area contributed by atoms with Crippen LogP contribution in [-0.4, -0.2) is 37.6 Å². The van der Waals surface area contributed by atoms with E-state index in [-0.39, 0.29) is 5.91 Å². The van der Waals surface area contributed by atoms with E-state index in [0.29, 0.717) is 11.5 Å². The number of thiol groups is 1. The number of carbonyl (C=O) groups is 1. The highest BCUT2D eigenvalue weighted by atomic mass is 79.9. The number of methoxy groups -OCH3 is 1. The highest BCUT2D eigenvalue weighted by Crippen LogP contribution is 2.24. The van der Waals surface area contributed by atoms with E-state index in [1.165, 1.54) is 0 Å². The lowest BCUT2D eigenvalue weighted by atomic mass is 9.98. The van der Waals surface area contributed by atoms with Gasteiger partial charge in [-0.05, 0) is 52.9 Å². The smallest absolute Gasteiger partial charge is 0.255 e. The molecule has 1 amide bonds. The Bertz CT molecular complexity index is 465. The van der Waals surface area contributed by atoms with Crippen molar-refractivity contribution >= 4 is 34.5 Å².